The first-order valence-corrected chi connectivity index (χ1v) is 10.5. The Morgan fingerprint density at radius 3 is 2.80 bits per heavy atom. The monoisotopic (exact) mass is 370 g/mol. The van der Waals surface area contributed by atoms with E-state index < -0.39 is 0 Å². The summed E-state index contributed by atoms with van der Waals surface area (Å²) in [6.45, 7) is 4.87. The number of halogens is 1. The molecule has 130 valence electrons. The van der Waals surface area contributed by atoms with Gasteiger partial charge in [0, 0.05) is 46.5 Å². The molecule has 4 heteroatoms. The molecule has 3 aliphatic heterocycles. The zero-order valence-electron chi connectivity index (χ0n) is 14.3. The fourth-order valence-electron chi connectivity index (χ4n) is 4.71. The van der Waals surface area contributed by atoms with Gasteiger partial charge in [0.1, 0.15) is 0 Å². The molecule has 3 aliphatic rings. The Morgan fingerprint density at radius 1 is 0.960 bits per heavy atom. The Labute approximate surface area is 159 Å². The van der Waals surface area contributed by atoms with Gasteiger partial charge in [-0.2, -0.15) is 0 Å². The molecule has 2 aromatic rings. The minimum absolute atomic E-state index is 0.438. The summed E-state index contributed by atoms with van der Waals surface area (Å²) in [7, 11) is 0. The first kappa shape index (κ1) is 16.2. The van der Waals surface area contributed by atoms with E-state index in [4.69, 9.17) is 11.6 Å². The third kappa shape index (κ3) is 3.02. The largest absolute Gasteiger partial charge is 0.298 e. The molecule has 0 bridgehead atoms. The van der Waals surface area contributed by atoms with Gasteiger partial charge in [0.05, 0.1) is 0 Å². The number of hydrogen-bond acceptors (Lipinski definition) is 3. The number of rotatable bonds is 1. The molecule has 0 N–H and O–H groups in total. The molecule has 2 atom stereocenters. The first-order valence-electron chi connectivity index (χ1n) is 9.31. The molecule has 0 aliphatic carbocycles. The van der Waals surface area contributed by atoms with Crippen molar-refractivity contribution in [2.75, 3.05) is 26.2 Å². The highest BCUT2D eigenvalue weighted by atomic mass is 35.5. The summed E-state index contributed by atoms with van der Waals surface area (Å²) in [6, 6.07) is 16.5. The van der Waals surface area contributed by atoms with Gasteiger partial charge in [0.15, 0.2) is 0 Å². The van der Waals surface area contributed by atoms with Gasteiger partial charge >= 0.3 is 0 Å². The van der Waals surface area contributed by atoms with Crippen LogP contribution in [-0.2, 0) is 6.42 Å². The molecule has 5 rings (SSSR count). The van der Waals surface area contributed by atoms with Crippen LogP contribution in [0.2, 0.25) is 5.02 Å². The summed E-state index contributed by atoms with van der Waals surface area (Å²) in [6.07, 6.45) is 3.81. The Hall–Kier alpha value is -1.00. The van der Waals surface area contributed by atoms with E-state index in [0.29, 0.717) is 6.04 Å². The van der Waals surface area contributed by atoms with Crippen molar-refractivity contribution < 1.29 is 0 Å². The Bertz CT molecular complexity index is 793. The highest BCUT2D eigenvalue weighted by molar-refractivity contribution is 7.99. The van der Waals surface area contributed by atoms with Gasteiger partial charge in [-0.3, -0.25) is 9.80 Å². The molecule has 2 fully saturated rings. The van der Waals surface area contributed by atoms with E-state index in [2.05, 4.69) is 46.2 Å². The standard InChI is InChI=1S/C21H23ClN2S/c22-16-7-8-21-18(13-16)19(12-15-4-1-2-6-20(15)25-21)24-11-10-23-9-3-5-17(23)14-24/h1-2,4,6-8,13,17,19H,3,5,9-12,14H2. The van der Waals surface area contributed by atoms with Gasteiger partial charge in [0.25, 0.3) is 0 Å². The number of benzene rings is 2. The maximum absolute atomic E-state index is 6.40. The summed E-state index contributed by atoms with van der Waals surface area (Å²) in [5.41, 5.74) is 2.89. The zero-order valence-corrected chi connectivity index (χ0v) is 15.9. The third-order valence-corrected chi connectivity index (χ3v) is 7.44. The van der Waals surface area contributed by atoms with Crippen molar-refractivity contribution in [3.8, 4) is 0 Å². The molecule has 0 amide bonds. The molecular formula is C21H23ClN2S. The minimum atomic E-state index is 0.438. The van der Waals surface area contributed by atoms with Gasteiger partial charge in [-0.05, 0) is 61.2 Å². The van der Waals surface area contributed by atoms with Crippen molar-refractivity contribution in [1.29, 1.82) is 0 Å². The molecule has 0 radical (unpaired) electrons. The molecule has 0 spiro atoms. The lowest BCUT2D eigenvalue weighted by molar-refractivity contribution is 0.0701. The van der Waals surface area contributed by atoms with Crippen LogP contribution >= 0.6 is 23.4 Å². The lowest BCUT2D eigenvalue weighted by atomic mass is 9.96. The smallest absolute Gasteiger partial charge is 0.0410 e. The average Bonchev–Trinajstić information content (AvgIpc) is 3.03. The van der Waals surface area contributed by atoms with Crippen LogP contribution in [0.15, 0.2) is 52.3 Å². The van der Waals surface area contributed by atoms with Crippen LogP contribution in [0.3, 0.4) is 0 Å². The van der Waals surface area contributed by atoms with Gasteiger partial charge < -0.3 is 0 Å². The summed E-state index contributed by atoms with van der Waals surface area (Å²) in [4.78, 5) is 8.18. The predicted molar refractivity (Wildman–Crippen MR) is 105 cm³/mol. The van der Waals surface area contributed by atoms with Crippen molar-refractivity contribution in [2.24, 2.45) is 0 Å². The van der Waals surface area contributed by atoms with Crippen LogP contribution < -0.4 is 0 Å². The van der Waals surface area contributed by atoms with Crippen LogP contribution in [0.5, 0.6) is 0 Å². The van der Waals surface area contributed by atoms with Crippen molar-refractivity contribution >= 4 is 23.4 Å². The maximum Gasteiger partial charge on any atom is 0.0410 e. The van der Waals surface area contributed by atoms with Crippen molar-refractivity contribution in [1.82, 2.24) is 9.80 Å². The van der Waals surface area contributed by atoms with Crippen LogP contribution in [0, 0.1) is 0 Å². The molecule has 2 aromatic carbocycles. The van der Waals surface area contributed by atoms with Crippen LogP contribution in [-0.4, -0.2) is 42.0 Å². The molecule has 3 heterocycles. The number of hydrogen-bond donors (Lipinski definition) is 0. The molecule has 2 saturated heterocycles. The number of piperazine rings is 1. The minimum Gasteiger partial charge on any atom is -0.298 e. The van der Waals surface area contributed by atoms with E-state index in [9.17, 15) is 0 Å². The second-order valence-electron chi connectivity index (χ2n) is 7.44. The lowest BCUT2D eigenvalue weighted by Crippen LogP contribution is -2.51. The van der Waals surface area contributed by atoms with Crippen LogP contribution in [0.4, 0.5) is 0 Å². The topological polar surface area (TPSA) is 6.48 Å². The van der Waals surface area contributed by atoms with Gasteiger partial charge in [-0.15, -0.1) is 0 Å². The number of nitrogens with zero attached hydrogens (tertiary/aromatic N) is 2. The van der Waals surface area contributed by atoms with Gasteiger partial charge in [-0.25, -0.2) is 0 Å². The summed E-state index contributed by atoms with van der Waals surface area (Å²) >= 11 is 8.30. The summed E-state index contributed by atoms with van der Waals surface area (Å²) < 4.78 is 0. The summed E-state index contributed by atoms with van der Waals surface area (Å²) in [5.74, 6) is 0. The fraction of sp³-hybridized carbons (Fsp3) is 0.429. The maximum atomic E-state index is 6.40. The van der Waals surface area contributed by atoms with Crippen LogP contribution in [0.1, 0.15) is 30.0 Å². The first-order chi connectivity index (χ1) is 12.3. The Morgan fingerprint density at radius 2 is 1.84 bits per heavy atom. The second-order valence-corrected chi connectivity index (χ2v) is 8.96. The second kappa shape index (κ2) is 6.62. The molecule has 2 unspecified atom stereocenters. The molecule has 25 heavy (non-hydrogen) atoms. The Kier molecular flexibility index (Phi) is 4.29. The predicted octanol–water partition coefficient (Wildman–Crippen LogP) is 4.87. The van der Waals surface area contributed by atoms with E-state index >= 15 is 0 Å². The fourth-order valence-corrected chi connectivity index (χ4v) is 6.00. The van der Waals surface area contributed by atoms with Crippen molar-refractivity contribution in [3.05, 3.63) is 58.6 Å². The van der Waals surface area contributed by atoms with E-state index in [1.807, 2.05) is 17.8 Å². The molecule has 0 aromatic heterocycles. The average molecular weight is 371 g/mol. The quantitative estimate of drug-likeness (QED) is 0.707. The van der Waals surface area contributed by atoms with Crippen molar-refractivity contribution in [3.63, 3.8) is 0 Å². The van der Waals surface area contributed by atoms with Gasteiger partial charge in [0.2, 0.25) is 0 Å². The van der Waals surface area contributed by atoms with Crippen molar-refractivity contribution in [2.45, 2.75) is 41.1 Å². The normalized spacial score (nSPS) is 26.6. The zero-order chi connectivity index (χ0) is 16.8. The molecule has 0 saturated carbocycles. The Balaban J connectivity index is 1.54. The van der Waals surface area contributed by atoms with Gasteiger partial charge in [-0.1, -0.05) is 41.6 Å². The molecule has 2 nitrogen and oxygen atoms in total. The SMILES string of the molecule is Clc1ccc2c(c1)C(N1CCN3CCCC3C1)Cc1ccccc1S2. The van der Waals surface area contributed by atoms with E-state index in [1.165, 1.54) is 59.9 Å². The van der Waals surface area contributed by atoms with E-state index in [0.717, 1.165) is 17.5 Å². The highest BCUT2D eigenvalue weighted by Crippen LogP contribution is 2.44. The highest BCUT2D eigenvalue weighted by Gasteiger charge is 2.35. The number of fused-ring (bicyclic) bond motifs is 3. The molecular weight excluding hydrogens is 348 g/mol. The summed E-state index contributed by atoms with van der Waals surface area (Å²) in [5, 5.41) is 0.856. The van der Waals surface area contributed by atoms with Crippen LogP contribution in [0.25, 0.3) is 0 Å². The van der Waals surface area contributed by atoms with E-state index in [-0.39, 0.29) is 0 Å². The third-order valence-electron chi connectivity index (χ3n) is 6.00. The lowest BCUT2D eigenvalue weighted by Gasteiger charge is -2.42. The van der Waals surface area contributed by atoms with E-state index in [1.54, 1.807) is 0 Å².